The molecule has 2 heterocycles. The zero-order valence-corrected chi connectivity index (χ0v) is 15.8. The summed E-state index contributed by atoms with van der Waals surface area (Å²) >= 11 is 0. The number of nitrogens with zero attached hydrogens (tertiary/aromatic N) is 4. The lowest BCUT2D eigenvalue weighted by molar-refractivity contribution is -0.384. The Morgan fingerprint density at radius 2 is 1.93 bits per heavy atom. The lowest BCUT2D eigenvalue weighted by atomic mass is 10.2. The van der Waals surface area contributed by atoms with Gasteiger partial charge in [-0.1, -0.05) is 19.1 Å². The van der Waals surface area contributed by atoms with Crippen molar-refractivity contribution in [3.63, 3.8) is 0 Å². The molecule has 0 bridgehead atoms. The molecule has 0 saturated heterocycles. The highest BCUT2D eigenvalue weighted by molar-refractivity contribution is 5.64. The van der Waals surface area contributed by atoms with Crippen LogP contribution in [0.3, 0.4) is 0 Å². The van der Waals surface area contributed by atoms with Gasteiger partial charge in [0.15, 0.2) is 0 Å². The molecule has 0 saturated carbocycles. The first-order valence-electron chi connectivity index (χ1n) is 9.08. The minimum atomic E-state index is -0.399. The average molecular weight is 378 g/mol. The standard InChI is InChI=1S/C20H22N6O2/c1-3-14(2)23-20-24-18(16-7-9-21-10-8-16)12-19(25-20)22-13-15-5-4-6-17(11-15)26(27)28/h4-12,14H,3,13H2,1-2H3,(H2,22,23,24,25)/t14-/m0/s1. The lowest BCUT2D eigenvalue weighted by Crippen LogP contribution is -2.16. The van der Waals surface area contributed by atoms with Crippen LogP contribution >= 0.6 is 0 Å². The molecule has 0 unspecified atom stereocenters. The molecule has 0 radical (unpaired) electrons. The van der Waals surface area contributed by atoms with E-state index in [4.69, 9.17) is 0 Å². The zero-order valence-electron chi connectivity index (χ0n) is 15.8. The molecule has 0 aliphatic heterocycles. The zero-order chi connectivity index (χ0) is 19.9. The van der Waals surface area contributed by atoms with E-state index in [1.54, 1.807) is 24.5 Å². The number of nitro benzene ring substituents is 1. The second kappa shape index (κ2) is 8.90. The minimum absolute atomic E-state index is 0.0681. The van der Waals surface area contributed by atoms with Gasteiger partial charge >= 0.3 is 0 Å². The third-order valence-corrected chi connectivity index (χ3v) is 4.29. The normalized spacial score (nSPS) is 11.6. The molecule has 0 aliphatic rings. The van der Waals surface area contributed by atoms with Crippen molar-refractivity contribution in [1.29, 1.82) is 0 Å². The summed E-state index contributed by atoms with van der Waals surface area (Å²) in [6.45, 7) is 4.57. The van der Waals surface area contributed by atoms with Gasteiger partial charge in [-0.2, -0.15) is 4.98 Å². The molecule has 0 fully saturated rings. The van der Waals surface area contributed by atoms with Crippen LogP contribution in [0.4, 0.5) is 17.5 Å². The van der Waals surface area contributed by atoms with Crippen LogP contribution in [-0.4, -0.2) is 25.9 Å². The summed E-state index contributed by atoms with van der Waals surface area (Å²) < 4.78 is 0. The van der Waals surface area contributed by atoms with Crippen LogP contribution in [0.2, 0.25) is 0 Å². The fraction of sp³-hybridized carbons (Fsp3) is 0.250. The number of aromatic nitrogens is 3. The van der Waals surface area contributed by atoms with Crippen molar-refractivity contribution in [2.75, 3.05) is 10.6 Å². The number of nitro groups is 1. The number of benzene rings is 1. The molecular formula is C20H22N6O2. The van der Waals surface area contributed by atoms with Gasteiger partial charge in [-0.25, -0.2) is 4.98 Å². The van der Waals surface area contributed by atoms with E-state index in [0.29, 0.717) is 18.3 Å². The van der Waals surface area contributed by atoms with Crippen LogP contribution in [-0.2, 0) is 6.54 Å². The first-order chi connectivity index (χ1) is 13.5. The maximum absolute atomic E-state index is 11.0. The highest BCUT2D eigenvalue weighted by Gasteiger charge is 2.10. The highest BCUT2D eigenvalue weighted by atomic mass is 16.6. The number of non-ortho nitro benzene ring substituents is 1. The average Bonchev–Trinajstić information content (AvgIpc) is 2.73. The van der Waals surface area contributed by atoms with Gasteiger partial charge < -0.3 is 10.6 Å². The lowest BCUT2D eigenvalue weighted by Gasteiger charge is -2.14. The number of rotatable bonds is 8. The van der Waals surface area contributed by atoms with E-state index in [2.05, 4.69) is 39.4 Å². The minimum Gasteiger partial charge on any atom is -0.366 e. The number of hydrogen-bond donors (Lipinski definition) is 2. The monoisotopic (exact) mass is 378 g/mol. The van der Waals surface area contributed by atoms with Crippen molar-refractivity contribution < 1.29 is 4.92 Å². The Hall–Kier alpha value is -3.55. The van der Waals surface area contributed by atoms with E-state index in [-0.39, 0.29) is 11.7 Å². The Morgan fingerprint density at radius 1 is 1.14 bits per heavy atom. The van der Waals surface area contributed by atoms with Gasteiger partial charge in [0.25, 0.3) is 5.69 Å². The van der Waals surface area contributed by atoms with Crippen LogP contribution in [0, 0.1) is 10.1 Å². The molecule has 2 N–H and O–H groups in total. The number of hydrogen-bond acceptors (Lipinski definition) is 7. The van der Waals surface area contributed by atoms with Crippen molar-refractivity contribution >= 4 is 17.5 Å². The fourth-order valence-corrected chi connectivity index (χ4v) is 2.57. The molecule has 1 atom stereocenters. The predicted octanol–water partition coefficient (Wildman–Crippen LogP) is 4.27. The molecule has 3 rings (SSSR count). The maximum atomic E-state index is 11.0. The Kier molecular flexibility index (Phi) is 6.11. The molecule has 0 aliphatic carbocycles. The summed E-state index contributed by atoms with van der Waals surface area (Å²) in [6.07, 6.45) is 4.38. The van der Waals surface area contributed by atoms with Gasteiger partial charge in [0, 0.05) is 48.7 Å². The summed E-state index contributed by atoms with van der Waals surface area (Å²) in [4.78, 5) is 23.7. The topological polar surface area (TPSA) is 106 Å². The summed E-state index contributed by atoms with van der Waals surface area (Å²) in [5.41, 5.74) is 2.57. The molecule has 28 heavy (non-hydrogen) atoms. The van der Waals surface area contributed by atoms with Crippen molar-refractivity contribution in [3.8, 4) is 11.3 Å². The largest absolute Gasteiger partial charge is 0.366 e. The fourth-order valence-electron chi connectivity index (χ4n) is 2.57. The summed E-state index contributed by atoms with van der Waals surface area (Å²) in [5, 5.41) is 17.5. The van der Waals surface area contributed by atoms with Crippen LogP contribution in [0.15, 0.2) is 54.9 Å². The molecular weight excluding hydrogens is 356 g/mol. The third-order valence-electron chi connectivity index (χ3n) is 4.29. The van der Waals surface area contributed by atoms with Gasteiger partial charge in [0.1, 0.15) is 5.82 Å². The molecule has 8 nitrogen and oxygen atoms in total. The molecule has 1 aromatic carbocycles. The van der Waals surface area contributed by atoms with E-state index in [0.717, 1.165) is 23.2 Å². The Balaban J connectivity index is 1.85. The Labute approximate surface area is 163 Å². The van der Waals surface area contributed by atoms with Crippen LogP contribution in [0.25, 0.3) is 11.3 Å². The molecule has 144 valence electrons. The smallest absolute Gasteiger partial charge is 0.269 e. The van der Waals surface area contributed by atoms with Gasteiger partial charge in [0.2, 0.25) is 5.95 Å². The van der Waals surface area contributed by atoms with Crippen molar-refractivity contribution in [2.45, 2.75) is 32.9 Å². The second-order valence-corrected chi connectivity index (χ2v) is 6.43. The van der Waals surface area contributed by atoms with Gasteiger partial charge in [-0.05, 0) is 31.0 Å². The molecule has 3 aromatic rings. The van der Waals surface area contributed by atoms with Crippen LogP contribution in [0.5, 0.6) is 0 Å². The van der Waals surface area contributed by atoms with E-state index in [1.807, 2.05) is 24.3 Å². The highest BCUT2D eigenvalue weighted by Crippen LogP contribution is 2.22. The number of pyridine rings is 1. The molecule has 2 aromatic heterocycles. The molecule has 0 spiro atoms. The first kappa shape index (κ1) is 19.2. The predicted molar refractivity (Wildman–Crippen MR) is 109 cm³/mol. The summed E-state index contributed by atoms with van der Waals surface area (Å²) in [6, 6.07) is 12.4. The number of nitrogens with one attached hydrogen (secondary N) is 2. The van der Waals surface area contributed by atoms with Crippen LogP contribution in [0.1, 0.15) is 25.8 Å². The molecule has 0 amide bonds. The number of anilines is 2. The molecule has 8 heteroatoms. The SMILES string of the molecule is CC[C@H](C)Nc1nc(NCc2cccc([N+](=O)[O-])c2)cc(-c2ccncc2)n1. The van der Waals surface area contributed by atoms with E-state index in [1.165, 1.54) is 6.07 Å². The van der Waals surface area contributed by atoms with Gasteiger partial charge in [-0.3, -0.25) is 15.1 Å². The van der Waals surface area contributed by atoms with Crippen molar-refractivity contribution in [2.24, 2.45) is 0 Å². The third kappa shape index (κ3) is 5.00. The van der Waals surface area contributed by atoms with E-state index in [9.17, 15) is 10.1 Å². The van der Waals surface area contributed by atoms with E-state index < -0.39 is 4.92 Å². The van der Waals surface area contributed by atoms with Gasteiger partial charge in [0.05, 0.1) is 10.6 Å². The Bertz CT molecular complexity index is 948. The summed E-state index contributed by atoms with van der Waals surface area (Å²) in [7, 11) is 0. The maximum Gasteiger partial charge on any atom is 0.269 e. The quantitative estimate of drug-likeness (QED) is 0.445. The van der Waals surface area contributed by atoms with E-state index >= 15 is 0 Å². The summed E-state index contributed by atoms with van der Waals surface area (Å²) in [5.74, 6) is 1.17. The van der Waals surface area contributed by atoms with Crippen molar-refractivity contribution in [3.05, 3.63) is 70.5 Å². The van der Waals surface area contributed by atoms with Crippen LogP contribution < -0.4 is 10.6 Å². The van der Waals surface area contributed by atoms with Crippen molar-refractivity contribution in [1.82, 2.24) is 15.0 Å². The van der Waals surface area contributed by atoms with Gasteiger partial charge in [-0.15, -0.1) is 0 Å². The Morgan fingerprint density at radius 3 is 2.64 bits per heavy atom. The second-order valence-electron chi connectivity index (χ2n) is 6.43. The first-order valence-corrected chi connectivity index (χ1v) is 9.08.